The van der Waals surface area contributed by atoms with Gasteiger partial charge in [0.05, 0.1) is 17.5 Å². The van der Waals surface area contributed by atoms with Gasteiger partial charge in [0, 0.05) is 10.0 Å². The molecule has 1 fully saturated rings. The molecule has 28 heavy (non-hydrogen) atoms. The molecule has 2 aromatic carbocycles. The molecule has 2 N–H and O–H groups in total. The lowest BCUT2D eigenvalue weighted by Gasteiger charge is -2.34. The average molecular weight is 461 g/mol. The largest absolute Gasteiger partial charge is 0.345 e. The fraction of sp³-hybridized carbons (Fsp3) is 0.286. The van der Waals surface area contributed by atoms with Gasteiger partial charge < -0.3 is 5.32 Å². The van der Waals surface area contributed by atoms with Crippen LogP contribution < -0.4 is 10.0 Å². The second-order valence-corrected chi connectivity index (χ2v) is 9.43. The lowest BCUT2D eigenvalue weighted by molar-refractivity contribution is 0.0900. The molecule has 1 aliphatic carbocycles. The van der Waals surface area contributed by atoms with Crippen LogP contribution in [-0.4, -0.2) is 20.9 Å². The van der Waals surface area contributed by atoms with E-state index in [2.05, 4.69) is 31.9 Å². The van der Waals surface area contributed by atoms with E-state index in [9.17, 15) is 13.2 Å². The Morgan fingerprint density at radius 1 is 1.14 bits per heavy atom. The lowest BCUT2D eigenvalue weighted by atomic mass is 9.77. The number of halogens is 1. The van der Waals surface area contributed by atoms with Crippen LogP contribution in [0, 0.1) is 18.3 Å². The summed E-state index contributed by atoms with van der Waals surface area (Å²) in [6.07, 6.45) is 8.42. The minimum Gasteiger partial charge on any atom is -0.345 e. The first-order valence-electron chi connectivity index (χ1n) is 9.00. The van der Waals surface area contributed by atoms with E-state index >= 15 is 0 Å². The standard InChI is InChI=1S/C21H21BrN2O3S/c1-2-14-23-28(26,27)19-12-8-17(9-13-19)21(25)24-20(15-4-3-5-15)16-6-10-18(22)11-7-16/h1,6-13,15,20,23H,3-5,14H2,(H,24,25). The van der Waals surface area contributed by atoms with E-state index in [0.29, 0.717) is 11.5 Å². The van der Waals surface area contributed by atoms with Crippen LogP contribution in [0.4, 0.5) is 0 Å². The van der Waals surface area contributed by atoms with E-state index in [1.54, 1.807) is 0 Å². The molecule has 1 amide bonds. The number of carbonyl (C=O) groups excluding carboxylic acids is 1. The summed E-state index contributed by atoms with van der Waals surface area (Å²) in [7, 11) is -3.67. The minimum atomic E-state index is -3.67. The second-order valence-electron chi connectivity index (χ2n) is 6.75. The highest BCUT2D eigenvalue weighted by atomic mass is 79.9. The predicted molar refractivity (Wildman–Crippen MR) is 112 cm³/mol. The maximum absolute atomic E-state index is 12.8. The molecule has 1 atom stereocenters. The predicted octanol–water partition coefficient (Wildman–Crippen LogP) is 3.63. The molecule has 1 aliphatic rings. The van der Waals surface area contributed by atoms with Crippen LogP contribution in [0.2, 0.25) is 0 Å². The van der Waals surface area contributed by atoms with Crippen molar-refractivity contribution in [3.8, 4) is 12.3 Å². The number of amides is 1. The van der Waals surface area contributed by atoms with E-state index in [0.717, 1.165) is 22.9 Å². The van der Waals surface area contributed by atoms with Crippen molar-refractivity contribution >= 4 is 31.9 Å². The fourth-order valence-corrected chi connectivity index (χ4v) is 4.35. The van der Waals surface area contributed by atoms with Crippen LogP contribution in [0.5, 0.6) is 0 Å². The zero-order valence-corrected chi connectivity index (χ0v) is 17.6. The highest BCUT2D eigenvalue weighted by molar-refractivity contribution is 9.10. The smallest absolute Gasteiger partial charge is 0.251 e. The number of sulfonamides is 1. The molecule has 5 nitrogen and oxygen atoms in total. The summed E-state index contributed by atoms with van der Waals surface area (Å²) in [6.45, 7) is -0.0825. The highest BCUT2D eigenvalue weighted by Crippen LogP contribution is 2.38. The van der Waals surface area contributed by atoms with E-state index < -0.39 is 10.0 Å². The maximum Gasteiger partial charge on any atom is 0.251 e. The van der Waals surface area contributed by atoms with Gasteiger partial charge >= 0.3 is 0 Å². The Labute approximate surface area is 174 Å². The zero-order chi connectivity index (χ0) is 20.1. The quantitative estimate of drug-likeness (QED) is 0.619. The van der Waals surface area contributed by atoms with Crippen LogP contribution in [0.25, 0.3) is 0 Å². The summed E-state index contributed by atoms with van der Waals surface area (Å²) >= 11 is 3.44. The molecule has 2 aromatic rings. The van der Waals surface area contributed by atoms with Gasteiger partial charge in [-0.15, -0.1) is 6.42 Å². The third kappa shape index (κ3) is 4.82. The number of carbonyl (C=O) groups is 1. The molecule has 7 heteroatoms. The highest BCUT2D eigenvalue weighted by Gasteiger charge is 2.30. The van der Waals surface area contributed by atoms with E-state index in [4.69, 9.17) is 6.42 Å². The second kappa shape index (κ2) is 8.91. The zero-order valence-electron chi connectivity index (χ0n) is 15.2. The first-order valence-corrected chi connectivity index (χ1v) is 11.3. The number of hydrogen-bond acceptors (Lipinski definition) is 3. The third-order valence-electron chi connectivity index (χ3n) is 4.93. The first kappa shape index (κ1) is 20.6. The normalized spacial score (nSPS) is 15.3. The van der Waals surface area contributed by atoms with Gasteiger partial charge in [-0.25, -0.2) is 8.42 Å². The SMILES string of the molecule is C#CCNS(=O)(=O)c1ccc(C(=O)NC(c2ccc(Br)cc2)C2CCC2)cc1. The minimum absolute atomic E-state index is 0.0601. The molecule has 1 unspecified atom stereocenters. The molecule has 0 aliphatic heterocycles. The molecule has 0 aromatic heterocycles. The van der Waals surface area contributed by atoms with E-state index in [1.807, 2.05) is 24.3 Å². The lowest BCUT2D eigenvalue weighted by Crippen LogP contribution is -2.36. The molecular formula is C21H21BrN2O3S. The monoisotopic (exact) mass is 460 g/mol. The van der Waals surface area contributed by atoms with Gasteiger partial charge in [0.1, 0.15) is 0 Å². The van der Waals surface area contributed by atoms with Crippen LogP contribution in [0.3, 0.4) is 0 Å². The third-order valence-corrected chi connectivity index (χ3v) is 6.87. The average Bonchev–Trinajstić information content (AvgIpc) is 2.65. The number of hydrogen-bond donors (Lipinski definition) is 2. The summed E-state index contributed by atoms with van der Waals surface area (Å²) < 4.78 is 27.5. The summed E-state index contributed by atoms with van der Waals surface area (Å²) in [5, 5.41) is 3.12. The molecular weight excluding hydrogens is 440 g/mol. The maximum atomic E-state index is 12.8. The Morgan fingerprint density at radius 2 is 1.79 bits per heavy atom. The van der Waals surface area contributed by atoms with Crippen molar-refractivity contribution in [3.63, 3.8) is 0 Å². The van der Waals surface area contributed by atoms with Gasteiger partial charge in [0.25, 0.3) is 5.91 Å². The fourth-order valence-electron chi connectivity index (χ4n) is 3.15. The molecule has 0 spiro atoms. The van der Waals surface area contributed by atoms with Gasteiger partial charge in [0.15, 0.2) is 0 Å². The van der Waals surface area contributed by atoms with Crippen molar-refractivity contribution in [1.82, 2.24) is 10.0 Å². The van der Waals surface area contributed by atoms with E-state index in [1.165, 1.54) is 30.7 Å². The van der Waals surface area contributed by atoms with Crippen molar-refractivity contribution in [2.24, 2.45) is 5.92 Å². The van der Waals surface area contributed by atoms with Crippen molar-refractivity contribution < 1.29 is 13.2 Å². The van der Waals surface area contributed by atoms with Gasteiger partial charge in [-0.2, -0.15) is 4.72 Å². The van der Waals surface area contributed by atoms with Crippen LogP contribution in [0.1, 0.15) is 41.2 Å². The Hall–Kier alpha value is -2.14. The Kier molecular flexibility index (Phi) is 6.55. The Balaban J connectivity index is 1.75. The molecule has 146 valence electrons. The topological polar surface area (TPSA) is 75.3 Å². The number of nitrogens with one attached hydrogen (secondary N) is 2. The molecule has 0 radical (unpaired) electrons. The Bertz CT molecular complexity index is 976. The molecule has 0 saturated heterocycles. The number of benzene rings is 2. The molecule has 1 saturated carbocycles. The van der Waals surface area contributed by atoms with Gasteiger partial charge in [0.2, 0.25) is 10.0 Å². The van der Waals surface area contributed by atoms with Crippen LogP contribution in [0.15, 0.2) is 57.9 Å². The van der Waals surface area contributed by atoms with Gasteiger partial charge in [-0.05, 0) is 60.7 Å². The van der Waals surface area contributed by atoms with Crippen molar-refractivity contribution in [2.45, 2.75) is 30.2 Å². The number of terminal acetylenes is 1. The molecule has 3 rings (SSSR count). The van der Waals surface area contributed by atoms with Crippen molar-refractivity contribution in [2.75, 3.05) is 6.54 Å². The van der Waals surface area contributed by atoms with Gasteiger partial charge in [-0.3, -0.25) is 4.79 Å². The van der Waals surface area contributed by atoms with Gasteiger partial charge in [-0.1, -0.05) is 40.4 Å². The Morgan fingerprint density at radius 3 is 2.32 bits per heavy atom. The summed E-state index contributed by atoms with van der Waals surface area (Å²) in [5.74, 6) is 2.42. The molecule has 0 heterocycles. The summed E-state index contributed by atoms with van der Waals surface area (Å²) in [5.41, 5.74) is 1.48. The van der Waals surface area contributed by atoms with E-state index in [-0.39, 0.29) is 23.4 Å². The first-order chi connectivity index (χ1) is 13.4. The summed E-state index contributed by atoms with van der Waals surface area (Å²) in [4.78, 5) is 12.8. The number of rotatable bonds is 7. The summed E-state index contributed by atoms with van der Waals surface area (Å²) in [6, 6.07) is 13.7. The van der Waals surface area contributed by atoms with Crippen LogP contribution >= 0.6 is 15.9 Å². The molecule has 0 bridgehead atoms. The van der Waals surface area contributed by atoms with Crippen molar-refractivity contribution in [1.29, 1.82) is 0 Å². The van der Waals surface area contributed by atoms with Crippen LogP contribution in [-0.2, 0) is 10.0 Å². The van der Waals surface area contributed by atoms with Crippen molar-refractivity contribution in [3.05, 3.63) is 64.1 Å².